The zero-order valence-corrected chi connectivity index (χ0v) is 26.3. The van der Waals surface area contributed by atoms with E-state index in [9.17, 15) is 31.6 Å². The second-order valence-electron chi connectivity index (χ2n) is 12.1. The molecule has 0 spiro atoms. The first-order chi connectivity index (χ1) is 23.8. The van der Waals surface area contributed by atoms with E-state index in [2.05, 4.69) is 16.0 Å². The average Bonchev–Trinajstić information content (AvgIpc) is 3.58. The van der Waals surface area contributed by atoms with Crippen LogP contribution < -0.4 is 0 Å². The number of fused-ring (bicyclic) bond motifs is 6. The third-order valence-electron chi connectivity index (χ3n) is 8.93. The van der Waals surface area contributed by atoms with Gasteiger partial charge in [0, 0.05) is 38.5 Å². The normalized spacial score (nSPS) is 12.4. The smallest absolute Gasteiger partial charge is 0.308 e. The minimum atomic E-state index is -4.65. The molecule has 3 aromatic heterocycles. The molecule has 11 heteroatoms. The fourth-order valence-corrected chi connectivity index (χ4v) is 6.88. The van der Waals surface area contributed by atoms with E-state index >= 15 is 0 Å². The van der Waals surface area contributed by atoms with Gasteiger partial charge in [-0.25, -0.2) is 9.97 Å². The Bertz CT molecular complexity index is 2550. The van der Waals surface area contributed by atoms with Crippen LogP contribution in [0.5, 0.6) is 0 Å². The summed E-state index contributed by atoms with van der Waals surface area (Å²) in [6.45, 7) is 3.59. The minimum absolute atomic E-state index is 0.0262. The van der Waals surface area contributed by atoms with E-state index in [-0.39, 0.29) is 33.8 Å². The number of hydrogen-bond donors (Lipinski definition) is 0. The summed E-state index contributed by atoms with van der Waals surface area (Å²) in [5.41, 5.74) is 1.89. The highest BCUT2D eigenvalue weighted by Gasteiger charge is 2.33. The van der Waals surface area contributed by atoms with Crippen LogP contribution in [0.2, 0.25) is 0 Å². The van der Waals surface area contributed by atoms with Gasteiger partial charge in [0.1, 0.15) is 11.6 Å². The third kappa shape index (κ3) is 4.86. The molecule has 0 bridgehead atoms. The van der Waals surface area contributed by atoms with Crippen molar-refractivity contribution >= 4 is 43.6 Å². The highest BCUT2D eigenvalue weighted by atomic mass is 19.4. The van der Waals surface area contributed by atoms with Crippen molar-refractivity contribution < 1.29 is 26.3 Å². The molecule has 0 unspecified atom stereocenters. The van der Waals surface area contributed by atoms with Gasteiger partial charge in [-0.15, -0.1) is 0 Å². The molecule has 0 fully saturated rings. The molecule has 5 nitrogen and oxygen atoms in total. The number of hydrogen-bond acceptors (Lipinski definition) is 3. The molecule has 0 aliphatic rings. The molecule has 0 saturated carbocycles. The van der Waals surface area contributed by atoms with E-state index in [1.807, 2.05) is 0 Å². The number of benzene rings is 5. The molecule has 8 aromatic rings. The molecule has 8 rings (SSSR count). The zero-order chi connectivity index (χ0) is 35.1. The minimum Gasteiger partial charge on any atom is -0.308 e. The third-order valence-corrected chi connectivity index (χ3v) is 8.93. The molecule has 246 valence electrons. The maximum atomic E-state index is 14.1. The van der Waals surface area contributed by atoms with Crippen LogP contribution in [0.4, 0.5) is 26.3 Å². The predicted molar refractivity (Wildman–Crippen MR) is 180 cm³/mol. The Balaban J connectivity index is 1.57. The van der Waals surface area contributed by atoms with E-state index in [0.29, 0.717) is 49.5 Å². The predicted octanol–water partition coefficient (Wildman–Crippen LogP) is 10.9. The number of nitrogens with zero attached hydrogens (tertiary/aromatic N) is 5. The van der Waals surface area contributed by atoms with E-state index in [1.54, 1.807) is 89.7 Å². The maximum Gasteiger partial charge on any atom is 0.416 e. The molecule has 50 heavy (non-hydrogen) atoms. The van der Waals surface area contributed by atoms with Gasteiger partial charge in [0.2, 0.25) is 0 Å². The quantitative estimate of drug-likeness (QED) is 0.175. The van der Waals surface area contributed by atoms with Crippen molar-refractivity contribution in [1.82, 2.24) is 19.1 Å². The van der Waals surface area contributed by atoms with Crippen LogP contribution in [0.15, 0.2) is 103 Å². The molecule has 0 radical (unpaired) electrons. The summed E-state index contributed by atoms with van der Waals surface area (Å²) in [5.74, 6) is 0.281. The number of aromatic nitrogens is 4. The standard InChI is InChI=1S/C39H23F6N5/c1-21-15-22(2)48-37(47-21)23-16-33(49-31-9-5-3-7-26(31)28-13-11-24(18-35(28)49)38(40,41)42)30(20-46)34(17-23)50-32-10-6-4-8-27(32)29-14-12-25(19-36(29)50)39(43,44)45/h3-19H,1-2H3. The Morgan fingerprint density at radius 1 is 0.540 bits per heavy atom. The summed E-state index contributed by atoms with van der Waals surface area (Å²) in [4.78, 5) is 9.27. The van der Waals surface area contributed by atoms with Crippen LogP contribution >= 0.6 is 0 Å². The van der Waals surface area contributed by atoms with Gasteiger partial charge < -0.3 is 9.13 Å². The Labute approximate surface area is 280 Å². The number of aryl methyl sites for hydroxylation is 2. The number of rotatable bonds is 3. The monoisotopic (exact) mass is 675 g/mol. The lowest BCUT2D eigenvalue weighted by molar-refractivity contribution is -0.138. The van der Waals surface area contributed by atoms with Gasteiger partial charge in [-0.05, 0) is 68.4 Å². The lowest BCUT2D eigenvalue weighted by atomic mass is 10.0. The maximum absolute atomic E-state index is 14.1. The van der Waals surface area contributed by atoms with Crippen LogP contribution in [0.1, 0.15) is 28.1 Å². The van der Waals surface area contributed by atoms with Crippen LogP contribution in [-0.2, 0) is 12.4 Å². The highest BCUT2D eigenvalue weighted by Crippen LogP contribution is 2.42. The van der Waals surface area contributed by atoms with Gasteiger partial charge >= 0.3 is 12.4 Å². The SMILES string of the molecule is Cc1cc(C)nc(-c2cc(-n3c4ccccc4c4ccc(C(F)(F)F)cc43)c(C#N)c(-n3c4ccccc4c4ccc(C(F)(F)F)cc43)c2)n1. The fourth-order valence-electron chi connectivity index (χ4n) is 6.88. The van der Waals surface area contributed by atoms with Crippen molar-refractivity contribution in [3.63, 3.8) is 0 Å². The van der Waals surface area contributed by atoms with Crippen molar-refractivity contribution in [3.05, 3.63) is 131 Å². The molecule has 0 saturated heterocycles. The summed E-state index contributed by atoms with van der Waals surface area (Å²) in [6, 6.07) is 28.4. The highest BCUT2D eigenvalue weighted by molar-refractivity contribution is 6.11. The van der Waals surface area contributed by atoms with Gasteiger partial charge in [0.05, 0.1) is 44.6 Å². The van der Waals surface area contributed by atoms with Gasteiger partial charge in [-0.3, -0.25) is 0 Å². The van der Waals surface area contributed by atoms with Crippen LogP contribution in [0.25, 0.3) is 66.4 Å². The van der Waals surface area contributed by atoms with E-state index in [4.69, 9.17) is 0 Å². The van der Waals surface area contributed by atoms with E-state index in [0.717, 1.165) is 24.3 Å². The molecular formula is C39H23F6N5. The first kappa shape index (κ1) is 31.1. The van der Waals surface area contributed by atoms with Crippen LogP contribution in [0, 0.1) is 25.2 Å². The first-order valence-corrected chi connectivity index (χ1v) is 15.5. The number of nitriles is 1. The topological polar surface area (TPSA) is 59.4 Å². The number of halogens is 6. The van der Waals surface area contributed by atoms with Crippen LogP contribution in [-0.4, -0.2) is 19.1 Å². The number of alkyl halides is 6. The first-order valence-electron chi connectivity index (χ1n) is 15.5. The van der Waals surface area contributed by atoms with Crippen molar-refractivity contribution in [1.29, 1.82) is 5.26 Å². The zero-order valence-electron chi connectivity index (χ0n) is 26.3. The second kappa shape index (κ2) is 10.9. The summed E-state index contributed by atoms with van der Waals surface area (Å²) < 4.78 is 87.9. The van der Waals surface area contributed by atoms with E-state index < -0.39 is 23.5 Å². The molecule has 0 N–H and O–H groups in total. The fraction of sp³-hybridized carbons (Fsp3) is 0.103. The molecule has 0 amide bonds. The Morgan fingerprint density at radius 2 is 0.960 bits per heavy atom. The van der Waals surface area contributed by atoms with Crippen molar-refractivity contribution in [3.8, 4) is 28.8 Å². The van der Waals surface area contributed by atoms with Gasteiger partial charge in [0.15, 0.2) is 5.82 Å². The Hall–Kier alpha value is -6.15. The van der Waals surface area contributed by atoms with Crippen molar-refractivity contribution in [2.75, 3.05) is 0 Å². The lowest BCUT2D eigenvalue weighted by Gasteiger charge is -2.18. The van der Waals surface area contributed by atoms with Gasteiger partial charge in [0.25, 0.3) is 0 Å². The number of para-hydroxylation sites is 2. The molecular weight excluding hydrogens is 652 g/mol. The molecule has 3 heterocycles. The van der Waals surface area contributed by atoms with Crippen molar-refractivity contribution in [2.45, 2.75) is 26.2 Å². The molecule has 0 aliphatic heterocycles. The second-order valence-corrected chi connectivity index (χ2v) is 12.1. The molecule has 0 atom stereocenters. The Morgan fingerprint density at radius 3 is 1.38 bits per heavy atom. The van der Waals surface area contributed by atoms with Crippen LogP contribution in [0.3, 0.4) is 0 Å². The Kier molecular flexibility index (Phi) is 6.81. The average molecular weight is 676 g/mol. The summed E-state index contributed by atoms with van der Waals surface area (Å²) in [7, 11) is 0. The van der Waals surface area contributed by atoms with Crippen molar-refractivity contribution in [2.24, 2.45) is 0 Å². The largest absolute Gasteiger partial charge is 0.416 e. The van der Waals surface area contributed by atoms with Gasteiger partial charge in [-0.1, -0.05) is 48.5 Å². The van der Waals surface area contributed by atoms with Gasteiger partial charge in [-0.2, -0.15) is 31.6 Å². The summed E-state index contributed by atoms with van der Waals surface area (Å²) >= 11 is 0. The lowest BCUT2D eigenvalue weighted by Crippen LogP contribution is -2.08. The molecule has 0 aliphatic carbocycles. The van der Waals surface area contributed by atoms with E-state index in [1.165, 1.54) is 12.1 Å². The summed E-state index contributed by atoms with van der Waals surface area (Å²) in [5, 5.41) is 13.3. The summed E-state index contributed by atoms with van der Waals surface area (Å²) in [6.07, 6.45) is -9.29. The molecule has 5 aromatic carbocycles.